The molecule has 6 rings (SSSR count). The molecule has 218 valence electrons. The van der Waals surface area contributed by atoms with E-state index in [2.05, 4.69) is 0 Å². The normalized spacial score (nSPS) is 28.2. The van der Waals surface area contributed by atoms with Crippen molar-refractivity contribution in [1.29, 1.82) is 0 Å². The third-order valence-electron chi connectivity index (χ3n) is 7.40. The van der Waals surface area contributed by atoms with Crippen molar-refractivity contribution < 1.29 is 38.0 Å². The number of pyridine rings is 1. The molecular formula is C31H34ClNO8. The molecule has 9 nitrogen and oxygen atoms in total. The summed E-state index contributed by atoms with van der Waals surface area (Å²) in [5, 5.41) is 1.28. The minimum absolute atomic E-state index is 0.0128. The van der Waals surface area contributed by atoms with E-state index in [4.69, 9.17) is 49.7 Å². The largest absolute Gasteiger partial charge is 0.462 e. The molecule has 0 radical (unpaired) electrons. The molecule has 3 aliphatic rings. The predicted octanol–water partition coefficient (Wildman–Crippen LogP) is 5.65. The first-order chi connectivity index (χ1) is 19.5. The average molecular weight is 584 g/mol. The monoisotopic (exact) mass is 583 g/mol. The maximum absolute atomic E-state index is 13.5. The lowest BCUT2D eigenvalue weighted by molar-refractivity contribution is -0.236. The number of carbonyl (C=O) groups excluding carboxylic acids is 1. The lowest BCUT2D eigenvalue weighted by Gasteiger charge is -2.29. The average Bonchev–Trinajstić information content (AvgIpc) is 3.55. The standard InChI is InChI=1S/C31H34ClNO8/c1-6-35-28(34)24-21(33-20-13-12-18(32)14-19(20)23(24)17-10-8-7-9-11-17)15-36-26-25(22-16-37-30(2,3)39-22)38-29-27(26)40-31(4,5)41-29/h7-14,22,25-27,29H,6,15-16H2,1-5H3/t22-,25+,26-,27-,29-/m0/s1. The fraction of sp³-hybridized carbons (Fsp3) is 0.484. The zero-order valence-electron chi connectivity index (χ0n) is 23.7. The molecule has 3 saturated heterocycles. The summed E-state index contributed by atoms with van der Waals surface area (Å²) in [6.45, 7) is 9.68. The Morgan fingerprint density at radius 3 is 2.51 bits per heavy atom. The van der Waals surface area contributed by atoms with Gasteiger partial charge in [-0.05, 0) is 58.4 Å². The minimum atomic E-state index is -0.842. The molecule has 3 aliphatic heterocycles. The highest BCUT2D eigenvalue weighted by Crippen LogP contribution is 2.43. The van der Waals surface area contributed by atoms with Crippen molar-refractivity contribution in [3.63, 3.8) is 0 Å². The summed E-state index contributed by atoms with van der Waals surface area (Å²) < 4.78 is 42.6. The van der Waals surface area contributed by atoms with Crippen molar-refractivity contribution >= 4 is 28.5 Å². The van der Waals surface area contributed by atoms with Crippen LogP contribution in [0.25, 0.3) is 22.0 Å². The number of nitrogens with zero attached hydrogens (tertiary/aromatic N) is 1. The van der Waals surface area contributed by atoms with E-state index in [1.165, 1.54) is 0 Å². The minimum Gasteiger partial charge on any atom is -0.462 e. The highest BCUT2D eigenvalue weighted by Gasteiger charge is 2.59. The van der Waals surface area contributed by atoms with Crippen LogP contribution in [0.15, 0.2) is 48.5 Å². The van der Waals surface area contributed by atoms with Crippen LogP contribution >= 0.6 is 11.6 Å². The highest BCUT2D eigenvalue weighted by molar-refractivity contribution is 6.31. The number of halogens is 1. The molecule has 4 heterocycles. The summed E-state index contributed by atoms with van der Waals surface area (Å²) >= 11 is 6.40. The second kappa shape index (κ2) is 10.9. The fourth-order valence-corrected chi connectivity index (χ4v) is 5.94. The van der Waals surface area contributed by atoms with Gasteiger partial charge in [0.15, 0.2) is 17.9 Å². The Balaban J connectivity index is 1.41. The molecule has 0 saturated carbocycles. The lowest BCUT2D eigenvalue weighted by Crippen LogP contribution is -2.44. The van der Waals surface area contributed by atoms with Crippen LogP contribution in [0.1, 0.15) is 50.7 Å². The Kier molecular flexibility index (Phi) is 7.57. The van der Waals surface area contributed by atoms with Crippen LogP contribution in [0.3, 0.4) is 0 Å². The number of carbonyl (C=O) groups is 1. The molecular weight excluding hydrogens is 550 g/mol. The summed E-state index contributed by atoms with van der Waals surface area (Å²) in [5.74, 6) is -2.09. The van der Waals surface area contributed by atoms with Gasteiger partial charge in [-0.15, -0.1) is 0 Å². The number of hydrogen-bond acceptors (Lipinski definition) is 9. The second-order valence-electron chi connectivity index (χ2n) is 11.3. The van der Waals surface area contributed by atoms with Gasteiger partial charge in [0, 0.05) is 16.0 Å². The number of hydrogen-bond donors (Lipinski definition) is 0. The summed E-state index contributed by atoms with van der Waals surface area (Å²) in [6, 6.07) is 15.1. The van der Waals surface area contributed by atoms with Crippen LogP contribution in [0.2, 0.25) is 5.02 Å². The van der Waals surface area contributed by atoms with E-state index in [9.17, 15) is 4.79 Å². The van der Waals surface area contributed by atoms with Crippen molar-refractivity contribution in [2.24, 2.45) is 0 Å². The second-order valence-corrected chi connectivity index (χ2v) is 11.7. The van der Waals surface area contributed by atoms with Crippen LogP contribution in [0, 0.1) is 0 Å². The van der Waals surface area contributed by atoms with E-state index < -0.39 is 48.2 Å². The lowest BCUT2D eigenvalue weighted by atomic mass is 9.94. The zero-order chi connectivity index (χ0) is 28.9. The van der Waals surface area contributed by atoms with Crippen molar-refractivity contribution in [2.75, 3.05) is 13.2 Å². The molecule has 41 heavy (non-hydrogen) atoms. The molecule has 0 aliphatic carbocycles. The molecule has 0 bridgehead atoms. The van der Waals surface area contributed by atoms with Gasteiger partial charge in [0.1, 0.15) is 24.4 Å². The molecule has 3 aromatic rings. The predicted molar refractivity (Wildman–Crippen MR) is 150 cm³/mol. The van der Waals surface area contributed by atoms with Gasteiger partial charge in [-0.1, -0.05) is 41.9 Å². The van der Waals surface area contributed by atoms with Crippen molar-refractivity contribution in [3.8, 4) is 11.1 Å². The summed E-state index contributed by atoms with van der Waals surface area (Å²) in [5.41, 5.74) is 2.95. The molecule has 0 spiro atoms. The van der Waals surface area contributed by atoms with Crippen molar-refractivity contribution in [1.82, 2.24) is 4.98 Å². The summed E-state index contributed by atoms with van der Waals surface area (Å²) in [7, 11) is 0. The van der Waals surface area contributed by atoms with Crippen LogP contribution in [0.5, 0.6) is 0 Å². The van der Waals surface area contributed by atoms with Gasteiger partial charge in [-0.3, -0.25) is 0 Å². The van der Waals surface area contributed by atoms with Gasteiger partial charge in [0.2, 0.25) is 0 Å². The molecule has 5 atom stereocenters. The first kappa shape index (κ1) is 28.5. The zero-order valence-corrected chi connectivity index (χ0v) is 24.5. The third kappa shape index (κ3) is 5.60. The maximum Gasteiger partial charge on any atom is 0.340 e. The SMILES string of the molecule is CCOC(=O)c1c(CO[C@@H]2[C@@H]3OC(C)(C)O[C@@H]3O[C@@H]2[C@@H]2COC(C)(C)O2)nc2ccc(Cl)cc2c1-c1ccccc1. The number of esters is 1. The van der Waals surface area contributed by atoms with Crippen molar-refractivity contribution in [2.45, 2.75) is 83.5 Å². The summed E-state index contributed by atoms with van der Waals surface area (Å²) in [6.07, 6.45) is -2.65. The highest BCUT2D eigenvalue weighted by atomic mass is 35.5. The van der Waals surface area contributed by atoms with E-state index >= 15 is 0 Å². The maximum atomic E-state index is 13.5. The molecule has 1 aromatic heterocycles. The number of aromatic nitrogens is 1. The molecule has 2 aromatic carbocycles. The van der Waals surface area contributed by atoms with Gasteiger partial charge in [-0.2, -0.15) is 0 Å². The number of fused-ring (bicyclic) bond motifs is 2. The van der Waals surface area contributed by atoms with Gasteiger partial charge >= 0.3 is 5.97 Å². The van der Waals surface area contributed by atoms with E-state index in [1.807, 2.05) is 70.2 Å². The van der Waals surface area contributed by atoms with E-state index in [0.29, 0.717) is 34.0 Å². The first-order valence-electron chi connectivity index (χ1n) is 13.8. The molecule has 0 unspecified atom stereocenters. The Hall–Kier alpha value is -2.63. The Morgan fingerprint density at radius 2 is 1.80 bits per heavy atom. The Morgan fingerprint density at radius 1 is 1.02 bits per heavy atom. The first-order valence-corrected chi connectivity index (χ1v) is 14.2. The van der Waals surface area contributed by atoms with Gasteiger partial charge < -0.3 is 33.2 Å². The number of benzene rings is 2. The van der Waals surface area contributed by atoms with Gasteiger partial charge in [0.05, 0.1) is 36.6 Å². The number of ether oxygens (including phenoxy) is 7. The van der Waals surface area contributed by atoms with Crippen LogP contribution in [0.4, 0.5) is 0 Å². The third-order valence-corrected chi connectivity index (χ3v) is 7.64. The van der Waals surface area contributed by atoms with E-state index in [-0.39, 0.29) is 13.2 Å². The molecule has 0 N–H and O–H groups in total. The Labute approximate surface area is 243 Å². The topological polar surface area (TPSA) is 94.6 Å². The van der Waals surface area contributed by atoms with E-state index in [1.54, 1.807) is 13.0 Å². The van der Waals surface area contributed by atoms with Crippen LogP contribution < -0.4 is 0 Å². The smallest absolute Gasteiger partial charge is 0.340 e. The summed E-state index contributed by atoms with van der Waals surface area (Å²) in [4.78, 5) is 18.4. The van der Waals surface area contributed by atoms with Gasteiger partial charge in [-0.25, -0.2) is 9.78 Å². The molecule has 3 fully saturated rings. The number of rotatable bonds is 7. The van der Waals surface area contributed by atoms with E-state index in [0.717, 1.165) is 10.9 Å². The quantitative estimate of drug-likeness (QED) is 0.327. The van der Waals surface area contributed by atoms with Crippen LogP contribution in [-0.4, -0.2) is 66.4 Å². The van der Waals surface area contributed by atoms with Crippen LogP contribution in [-0.2, 0) is 39.8 Å². The van der Waals surface area contributed by atoms with Gasteiger partial charge in [0.25, 0.3) is 0 Å². The Bertz CT molecular complexity index is 1450. The van der Waals surface area contributed by atoms with Crippen molar-refractivity contribution in [3.05, 3.63) is 64.8 Å². The fourth-order valence-electron chi connectivity index (χ4n) is 5.76. The molecule has 10 heteroatoms. The molecule has 0 amide bonds.